The van der Waals surface area contributed by atoms with E-state index in [-0.39, 0.29) is 12.1 Å². The van der Waals surface area contributed by atoms with E-state index in [1.54, 1.807) is 11.1 Å². The second-order valence-corrected chi connectivity index (χ2v) is 12.0. The largest absolute Gasteiger partial charge is 0.444 e. The van der Waals surface area contributed by atoms with Crippen molar-refractivity contribution in [2.45, 2.75) is 135 Å². The van der Waals surface area contributed by atoms with E-state index in [2.05, 4.69) is 41.4 Å². The monoisotopic (exact) mass is 484 g/mol. The van der Waals surface area contributed by atoms with Gasteiger partial charge in [0, 0.05) is 12.1 Å². The van der Waals surface area contributed by atoms with Gasteiger partial charge in [0.05, 0.1) is 0 Å². The quantitative estimate of drug-likeness (QED) is 0.426. The van der Waals surface area contributed by atoms with Gasteiger partial charge in [-0.15, -0.1) is 0 Å². The molecule has 0 radical (unpaired) electrons. The highest BCUT2D eigenvalue weighted by Gasteiger charge is 2.31. The summed E-state index contributed by atoms with van der Waals surface area (Å²) in [4.78, 5) is 14.8. The van der Waals surface area contributed by atoms with Crippen LogP contribution in [0.1, 0.15) is 129 Å². The number of nitrogens with one attached hydrogen (secondary N) is 1. The van der Waals surface area contributed by atoms with Crippen LogP contribution in [0.3, 0.4) is 0 Å². The fourth-order valence-electron chi connectivity index (χ4n) is 6.01. The first-order valence-corrected chi connectivity index (χ1v) is 14.6. The molecule has 1 amide bonds. The van der Waals surface area contributed by atoms with Crippen LogP contribution in [-0.2, 0) is 4.74 Å². The van der Waals surface area contributed by atoms with E-state index in [4.69, 9.17) is 4.74 Å². The molecule has 0 aromatic heterocycles. The Hall–Kier alpha value is -1.55. The number of hydrogen-bond acceptors (Lipinski definition) is 3. The van der Waals surface area contributed by atoms with Gasteiger partial charge in [0.25, 0.3) is 0 Å². The lowest BCUT2D eigenvalue weighted by Crippen LogP contribution is -2.47. The summed E-state index contributed by atoms with van der Waals surface area (Å²) >= 11 is 0. The maximum atomic E-state index is 12.1. The summed E-state index contributed by atoms with van der Waals surface area (Å²) in [6.45, 7) is 14.6. The van der Waals surface area contributed by atoms with Gasteiger partial charge in [-0.2, -0.15) is 0 Å². The first-order chi connectivity index (χ1) is 16.8. The topological polar surface area (TPSA) is 41.6 Å². The average molecular weight is 485 g/mol. The van der Waals surface area contributed by atoms with E-state index < -0.39 is 5.60 Å². The van der Waals surface area contributed by atoms with Gasteiger partial charge in [-0.3, -0.25) is 0 Å². The van der Waals surface area contributed by atoms with Crippen molar-refractivity contribution in [1.82, 2.24) is 10.2 Å². The fraction of sp³-hybridized carbons (Fsp3) is 0.774. The number of likely N-dealkylation sites (tertiary alicyclic amines) is 1. The van der Waals surface area contributed by atoms with Gasteiger partial charge in [-0.1, -0.05) is 57.9 Å². The summed E-state index contributed by atoms with van der Waals surface area (Å²) in [6.07, 6.45) is 12.5. The Morgan fingerprint density at radius 2 is 1.63 bits per heavy atom. The molecule has 1 atom stereocenters. The molecule has 3 fully saturated rings. The molecule has 1 saturated heterocycles. The smallest absolute Gasteiger partial charge is 0.407 e. The molecular formula is C31H52N2O2. The number of carbonyl (C=O) groups excluding carboxylic acids is 1. The highest BCUT2D eigenvalue weighted by atomic mass is 16.6. The van der Waals surface area contributed by atoms with Crippen molar-refractivity contribution in [3.8, 4) is 0 Å². The lowest BCUT2D eigenvalue weighted by molar-refractivity contribution is 0.0470. The molecule has 1 unspecified atom stereocenters. The summed E-state index contributed by atoms with van der Waals surface area (Å²) in [7, 11) is 0. The van der Waals surface area contributed by atoms with Crippen LogP contribution in [0.15, 0.2) is 24.3 Å². The zero-order valence-electron chi connectivity index (χ0n) is 23.4. The molecule has 1 aromatic rings. The van der Waals surface area contributed by atoms with E-state index in [9.17, 15) is 4.79 Å². The van der Waals surface area contributed by atoms with E-state index in [1.807, 2.05) is 34.6 Å². The van der Waals surface area contributed by atoms with Crippen molar-refractivity contribution in [2.24, 2.45) is 5.92 Å². The summed E-state index contributed by atoms with van der Waals surface area (Å²) in [5.41, 5.74) is 2.82. The summed E-state index contributed by atoms with van der Waals surface area (Å²) in [5, 5.41) is 3.09. The van der Waals surface area contributed by atoms with Crippen molar-refractivity contribution in [2.75, 3.05) is 13.1 Å². The van der Waals surface area contributed by atoms with Gasteiger partial charge in [0.2, 0.25) is 0 Å². The Morgan fingerprint density at radius 3 is 2.23 bits per heavy atom. The van der Waals surface area contributed by atoms with E-state index in [0.717, 1.165) is 18.8 Å². The van der Waals surface area contributed by atoms with Gasteiger partial charge in [0.15, 0.2) is 0 Å². The van der Waals surface area contributed by atoms with Crippen LogP contribution in [0.5, 0.6) is 0 Å². The van der Waals surface area contributed by atoms with Crippen LogP contribution >= 0.6 is 0 Å². The lowest BCUT2D eigenvalue weighted by Gasteiger charge is -2.41. The first-order valence-electron chi connectivity index (χ1n) is 14.6. The molecule has 4 heteroatoms. The normalized spacial score (nSPS) is 24.7. The van der Waals surface area contributed by atoms with E-state index in [0.29, 0.717) is 17.9 Å². The molecule has 3 aliphatic rings. The molecule has 35 heavy (non-hydrogen) atoms. The van der Waals surface area contributed by atoms with Crippen molar-refractivity contribution in [3.63, 3.8) is 0 Å². The standard InChI is InChI=1S/C29H46N2O2.C2H6/c1-21(9-10-22-11-12-22)26-7-5-6-8-27(26)23-17-19-31(20-18-23)25-15-13-24(14-16-25)30-28(32)33-29(2,3)4;1-2/h5-8,21-25H,9-20H2,1-4H3,(H,30,32);1-2H3. The third-order valence-corrected chi connectivity index (χ3v) is 8.14. The van der Waals surface area contributed by atoms with Crippen molar-refractivity contribution in [3.05, 3.63) is 35.4 Å². The van der Waals surface area contributed by atoms with Crippen LogP contribution in [0.2, 0.25) is 0 Å². The van der Waals surface area contributed by atoms with Crippen LogP contribution < -0.4 is 5.32 Å². The molecule has 1 aliphatic heterocycles. The Labute approximate surface area is 215 Å². The molecule has 0 bridgehead atoms. The number of rotatable bonds is 7. The Balaban J connectivity index is 0.00000167. The lowest BCUT2D eigenvalue weighted by atomic mass is 9.81. The molecule has 198 valence electrons. The molecular weight excluding hydrogens is 432 g/mol. The second kappa shape index (κ2) is 13.1. The predicted molar refractivity (Wildman–Crippen MR) is 147 cm³/mol. The van der Waals surface area contributed by atoms with Gasteiger partial charge < -0.3 is 15.0 Å². The molecule has 0 spiro atoms. The van der Waals surface area contributed by atoms with Gasteiger partial charge in [-0.05, 0) is 114 Å². The Kier molecular flexibility index (Phi) is 10.5. The number of alkyl carbamates (subject to hydrolysis) is 1. The SMILES string of the molecule is CC.CC(CCC1CC1)c1ccccc1C1CCN(C2CCC(NC(=O)OC(C)(C)C)CC2)CC1. The number of hydrogen-bond donors (Lipinski definition) is 1. The average Bonchev–Trinajstić information content (AvgIpc) is 3.68. The molecule has 1 aromatic carbocycles. The minimum Gasteiger partial charge on any atom is -0.444 e. The van der Waals surface area contributed by atoms with Gasteiger partial charge in [-0.25, -0.2) is 4.79 Å². The number of piperidine rings is 1. The molecule has 2 saturated carbocycles. The molecule has 1 heterocycles. The van der Waals surface area contributed by atoms with Crippen molar-refractivity contribution < 1.29 is 9.53 Å². The molecule has 2 aliphatic carbocycles. The molecule has 4 rings (SSSR count). The predicted octanol–water partition coefficient (Wildman–Crippen LogP) is 8.02. The summed E-state index contributed by atoms with van der Waals surface area (Å²) < 4.78 is 5.43. The van der Waals surface area contributed by atoms with Crippen LogP contribution in [-0.4, -0.2) is 41.8 Å². The third-order valence-electron chi connectivity index (χ3n) is 8.14. The Bertz CT molecular complexity index is 766. The number of amides is 1. The number of ether oxygens (including phenoxy) is 1. The van der Waals surface area contributed by atoms with Crippen LogP contribution in [0.4, 0.5) is 4.79 Å². The highest BCUT2D eigenvalue weighted by Crippen LogP contribution is 2.39. The van der Waals surface area contributed by atoms with E-state index in [1.165, 1.54) is 64.5 Å². The first kappa shape index (κ1) is 28.0. The Morgan fingerprint density at radius 1 is 1.00 bits per heavy atom. The van der Waals surface area contributed by atoms with E-state index >= 15 is 0 Å². The van der Waals surface area contributed by atoms with Gasteiger partial charge in [0.1, 0.15) is 5.60 Å². The molecule has 1 N–H and O–H groups in total. The number of carbonyl (C=O) groups is 1. The number of benzene rings is 1. The zero-order chi connectivity index (χ0) is 25.4. The second-order valence-electron chi connectivity index (χ2n) is 12.0. The fourth-order valence-corrected chi connectivity index (χ4v) is 6.01. The van der Waals surface area contributed by atoms with Crippen molar-refractivity contribution in [1.29, 1.82) is 0 Å². The molecule has 4 nitrogen and oxygen atoms in total. The summed E-state index contributed by atoms with van der Waals surface area (Å²) in [6, 6.07) is 10.2. The maximum absolute atomic E-state index is 12.1. The third kappa shape index (κ3) is 8.81. The van der Waals surface area contributed by atoms with Crippen molar-refractivity contribution >= 4 is 6.09 Å². The van der Waals surface area contributed by atoms with Crippen LogP contribution in [0, 0.1) is 5.92 Å². The number of nitrogens with zero attached hydrogens (tertiary/aromatic N) is 1. The highest BCUT2D eigenvalue weighted by molar-refractivity contribution is 5.68. The maximum Gasteiger partial charge on any atom is 0.407 e. The van der Waals surface area contributed by atoms with Crippen LogP contribution in [0.25, 0.3) is 0 Å². The van der Waals surface area contributed by atoms with Gasteiger partial charge >= 0.3 is 6.09 Å². The summed E-state index contributed by atoms with van der Waals surface area (Å²) in [5.74, 6) is 2.43. The minimum absolute atomic E-state index is 0.262. The zero-order valence-corrected chi connectivity index (χ0v) is 23.4. The minimum atomic E-state index is -0.431.